The van der Waals surface area contributed by atoms with Crippen LogP contribution in [-0.2, 0) is 11.2 Å². The first-order chi connectivity index (χ1) is 9.66. The molecule has 6 nitrogen and oxygen atoms in total. The summed E-state index contributed by atoms with van der Waals surface area (Å²) in [6.07, 6.45) is 5.15. The van der Waals surface area contributed by atoms with Crippen molar-refractivity contribution in [3.63, 3.8) is 0 Å². The Bertz CT molecular complexity index is 642. The summed E-state index contributed by atoms with van der Waals surface area (Å²) < 4.78 is 1.69. The molecule has 1 fully saturated rings. The number of carbonyl (C=O) groups excluding carboxylic acids is 1. The van der Waals surface area contributed by atoms with E-state index in [0.717, 1.165) is 54.8 Å². The van der Waals surface area contributed by atoms with E-state index in [2.05, 4.69) is 15.3 Å². The summed E-state index contributed by atoms with van der Waals surface area (Å²) in [5.74, 6) is 0.252. The number of aromatic nitrogens is 4. The number of rotatable bonds is 3. The van der Waals surface area contributed by atoms with Gasteiger partial charge in [-0.3, -0.25) is 4.79 Å². The summed E-state index contributed by atoms with van der Waals surface area (Å²) in [6, 6.07) is 0. The van der Waals surface area contributed by atoms with Crippen LogP contribution in [0.1, 0.15) is 36.1 Å². The van der Waals surface area contributed by atoms with Crippen LogP contribution in [-0.4, -0.2) is 43.7 Å². The maximum Gasteiger partial charge on any atom is 0.222 e. The van der Waals surface area contributed by atoms with Gasteiger partial charge in [-0.25, -0.2) is 4.52 Å². The molecule has 20 heavy (non-hydrogen) atoms. The fraction of sp³-hybridized carbons (Fsp3) is 0.571. The van der Waals surface area contributed by atoms with Gasteiger partial charge in [-0.1, -0.05) is 0 Å². The minimum atomic E-state index is 0.252. The molecule has 1 aliphatic rings. The summed E-state index contributed by atoms with van der Waals surface area (Å²) in [7, 11) is 0. The second-order valence-electron chi connectivity index (χ2n) is 5.38. The van der Waals surface area contributed by atoms with Crippen molar-refractivity contribution in [3.05, 3.63) is 23.1 Å². The molecule has 1 amide bonds. The third-order valence-electron chi connectivity index (χ3n) is 4.06. The Balaban J connectivity index is 1.78. The first-order valence-electron chi connectivity index (χ1n) is 7.10. The van der Waals surface area contributed by atoms with E-state index in [1.54, 1.807) is 10.8 Å². The number of nitrogens with zero attached hydrogens (tertiary/aromatic N) is 5. The molecular weight excluding hydrogens is 254 g/mol. The number of fused-ring (bicyclic) bond motifs is 1. The monoisotopic (exact) mass is 273 g/mol. The highest BCUT2D eigenvalue weighted by molar-refractivity contribution is 5.76. The summed E-state index contributed by atoms with van der Waals surface area (Å²) >= 11 is 0. The lowest BCUT2D eigenvalue weighted by Crippen LogP contribution is -2.27. The van der Waals surface area contributed by atoms with E-state index in [-0.39, 0.29) is 5.91 Å². The van der Waals surface area contributed by atoms with Crippen LogP contribution in [0.3, 0.4) is 0 Å². The summed E-state index contributed by atoms with van der Waals surface area (Å²) in [6.45, 7) is 5.83. The first-order valence-corrected chi connectivity index (χ1v) is 7.10. The number of aryl methyl sites for hydroxylation is 2. The molecular formula is C14H19N5O. The van der Waals surface area contributed by atoms with Crippen LogP contribution >= 0.6 is 0 Å². The molecule has 0 bridgehead atoms. The highest BCUT2D eigenvalue weighted by Crippen LogP contribution is 2.18. The van der Waals surface area contributed by atoms with Gasteiger partial charge >= 0.3 is 0 Å². The van der Waals surface area contributed by atoms with E-state index in [1.807, 2.05) is 18.7 Å². The minimum absolute atomic E-state index is 0.252. The number of hydrogen-bond acceptors (Lipinski definition) is 4. The standard InChI is InChI=1S/C14H19N5O/c1-10-12(5-6-13(20)18-7-3-4-8-18)11(2)17-19-9-15-16-14(10)19/h9H,3-8H2,1-2H3. The van der Waals surface area contributed by atoms with Gasteiger partial charge in [0.15, 0.2) is 5.65 Å². The summed E-state index contributed by atoms with van der Waals surface area (Å²) in [5.41, 5.74) is 3.92. The van der Waals surface area contributed by atoms with Crippen molar-refractivity contribution < 1.29 is 4.79 Å². The quantitative estimate of drug-likeness (QED) is 0.845. The number of amides is 1. The predicted molar refractivity (Wildman–Crippen MR) is 74.4 cm³/mol. The maximum absolute atomic E-state index is 12.1. The lowest BCUT2D eigenvalue weighted by Gasteiger charge is -2.16. The Hall–Kier alpha value is -1.98. The second-order valence-corrected chi connectivity index (χ2v) is 5.38. The van der Waals surface area contributed by atoms with Crippen molar-refractivity contribution in [1.82, 2.24) is 24.7 Å². The zero-order chi connectivity index (χ0) is 14.1. The normalized spacial score (nSPS) is 15.2. The lowest BCUT2D eigenvalue weighted by atomic mass is 10.0. The van der Waals surface area contributed by atoms with Crippen LogP contribution < -0.4 is 0 Å². The smallest absolute Gasteiger partial charge is 0.222 e. The van der Waals surface area contributed by atoms with E-state index >= 15 is 0 Å². The van der Waals surface area contributed by atoms with Gasteiger partial charge in [-0.2, -0.15) is 5.10 Å². The number of hydrogen-bond donors (Lipinski definition) is 0. The van der Waals surface area contributed by atoms with E-state index in [0.29, 0.717) is 6.42 Å². The van der Waals surface area contributed by atoms with Crippen LogP contribution in [0.15, 0.2) is 6.33 Å². The molecule has 6 heteroatoms. The van der Waals surface area contributed by atoms with E-state index in [9.17, 15) is 4.79 Å². The van der Waals surface area contributed by atoms with Crippen LogP contribution in [0.2, 0.25) is 0 Å². The van der Waals surface area contributed by atoms with Crippen LogP contribution in [0.5, 0.6) is 0 Å². The van der Waals surface area contributed by atoms with Crippen molar-refractivity contribution >= 4 is 11.6 Å². The Labute approximate surface area is 117 Å². The minimum Gasteiger partial charge on any atom is -0.343 e. The predicted octanol–water partition coefficient (Wildman–Crippen LogP) is 1.30. The third kappa shape index (κ3) is 2.26. The zero-order valence-corrected chi connectivity index (χ0v) is 12.0. The Morgan fingerprint density at radius 2 is 2.05 bits per heavy atom. The van der Waals surface area contributed by atoms with Gasteiger partial charge in [-0.15, -0.1) is 10.2 Å². The SMILES string of the molecule is Cc1nn2cnnc2c(C)c1CCC(=O)N1CCCC1. The average Bonchev–Trinajstić information content (AvgIpc) is 3.08. The zero-order valence-electron chi connectivity index (χ0n) is 12.0. The van der Waals surface area contributed by atoms with Gasteiger partial charge in [0, 0.05) is 25.1 Å². The van der Waals surface area contributed by atoms with Crippen molar-refractivity contribution in [2.75, 3.05) is 13.1 Å². The largest absolute Gasteiger partial charge is 0.343 e. The highest BCUT2D eigenvalue weighted by atomic mass is 16.2. The van der Waals surface area contributed by atoms with Gasteiger partial charge in [0.1, 0.15) is 6.33 Å². The second kappa shape index (κ2) is 5.19. The Morgan fingerprint density at radius 3 is 2.80 bits per heavy atom. The molecule has 1 saturated heterocycles. The number of carbonyl (C=O) groups is 1. The van der Waals surface area contributed by atoms with Crippen molar-refractivity contribution in [2.45, 2.75) is 39.5 Å². The molecule has 1 aliphatic heterocycles. The van der Waals surface area contributed by atoms with Crippen LogP contribution in [0.25, 0.3) is 5.65 Å². The van der Waals surface area contributed by atoms with Crippen LogP contribution in [0.4, 0.5) is 0 Å². The molecule has 2 aromatic rings. The molecule has 2 aromatic heterocycles. The van der Waals surface area contributed by atoms with Gasteiger partial charge in [0.2, 0.25) is 5.91 Å². The van der Waals surface area contributed by atoms with Crippen molar-refractivity contribution in [2.24, 2.45) is 0 Å². The third-order valence-corrected chi connectivity index (χ3v) is 4.06. The Morgan fingerprint density at radius 1 is 1.30 bits per heavy atom. The topological polar surface area (TPSA) is 63.4 Å². The molecule has 0 aromatic carbocycles. The summed E-state index contributed by atoms with van der Waals surface area (Å²) in [5, 5.41) is 12.4. The van der Waals surface area contributed by atoms with Crippen molar-refractivity contribution in [3.8, 4) is 0 Å². The molecule has 0 saturated carbocycles. The maximum atomic E-state index is 12.1. The molecule has 0 atom stereocenters. The molecule has 3 rings (SSSR count). The highest BCUT2D eigenvalue weighted by Gasteiger charge is 2.19. The van der Waals surface area contributed by atoms with Gasteiger partial charge in [-0.05, 0) is 38.7 Å². The fourth-order valence-electron chi connectivity index (χ4n) is 2.90. The van der Waals surface area contributed by atoms with E-state index in [1.165, 1.54) is 0 Å². The van der Waals surface area contributed by atoms with E-state index in [4.69, 9.17) is 0 Å². The van der Waals surface area contributed by atoms with Gasteiger partial charge in [0.25, 0.3) is 0 Å². The lowest BCUT2D eigenvalue weighted by molar-refractivity contribution is -0.130. The fourth-order valence-corrected chi connectivity index (χ4v) is 2.90. The molecule has 0 radical (unpaired) electrons. The van der Waals surface area contributed by atoms with Crippen LogP contribution in [0, 0.1) is 13.8 Å². The molecule has 0 unspecified atom stereocenters. The molecule has 0 N–H and O–H groups in total. The molecule has 0 aliphatic carbocycles. The van der Waals surface area contributed by atoms with Gasteiger partial charge in [0.05, 0.1) is 5.69 Å². The Kier molecular flexibility index (Phi) is 3.38. The van der Waals surface area contributed by atoms with Gasteiger partial charge < -0.3 is 4.90 Å². The van der Waals surface area contributed by atoms with E-state index < -0.39 is 0 Å². The molecule has 106 valence electrons. The molecule has 0 spiro atoms. The first kappa shape index (κ1) is 13.0. The summed E-state index contributed by atoms with van der Waals surface area (Å²) in [4.78, 5) is 14.1. The average molecular weight is 273 g/mol. The van der Waals surface area contributed by atoms with Crippen molar-refractivity contribution in [1.29, 1.82) is 0 Å². The molecule has 3 heterocycles. The number of likely N-dealkylation sites (tertiary alicyclic amines) is 1.